The summed E-state index contributed by atoms with van der Waals surface area (Å²) in [5.74, 6) is 0.463. The van der Waals surface area contributed by atoms with Gasteiger partial charge < -0.3 is 20.9 Å². The third-order valence-corrected chi connectivity index (χ3v) is 6.12. The van der Waals surface area contributed by atoms with Gasteiger partial charge in [0, 0.05) is 24.5 Å². The molecule has 0 saturated heterocycles. The predicted molar refractivity (Wildman–Crippen MR) is 146 cm³/mol. The van der Waals surface area contributed by atoms with Crippen molar-refractivity contribution in [3.63, 3.8) is 0 Å². The van der Waals surface area contributed by atoms with Gasteiger partial charge in [-0.2, -0.15) is 13.2 Å². The molecule has 0 aliphatic carbocycles. The minimum atomic E-state index is -4.68. The lowest BCUT2D eigenvalue weighted by Gasteiger charge is -2.12. The minimum Gasteiger partial charge on any atom is -0.383 e. The van der Waals surface area contributed by atoms with Crippen molar-refractivity contribution < 1.29 is 36.3 Å². The van der Waals surface area contributed by atoms with E-state index in [2.05, 4.69) is 28.7 Å². The standard InChI is InChI=1S/C29H20F5N5O3/c1-15(30)27(41)38-19-8-5-16(6-9-19)24-22(23-25(39(24)2)18(4-3-11-40)13-36-26(23)35)17-7-10-20(21(31)12-17)28(42)37-14-29(32,33)34/h5-13H,1,14H2,2H3,(H2,35,36)(H,37,42)(H,38,41). The van der Waals surface area contributed by atoms with Crippen LogP contribution in [0.4, 0.5) is 33.5 Å². The molecule has 0 fully saturated rings. The van der Waals surface area contributed by atoms with Crippen LogP contribution in [0.25, 0.3) is 33.3 Å². The van der Waals surface area contributed by atoms with Gasteiger partial charge in [-0.3, -0.25) is 14.4 Å². The number of aryl methyl sites for hydroxylation is 1. The first-order valence-corrected chi connectivity index (χ1v) is 12.0. The van der Waals surface area contributed by atoms with Crippen LogP contribution in [0.15, 0.2) is 61.1 Å². The number of rotatable bonds is 6. The van der Waals surface area contributed by atoms with Crippen molar-refractivity contribution in [2.45, 2.75) is 6.18 Å². The lowest BCUT2D eigenvalue weighted by Crippen LogP contribution is -2.34. The van der Waals surface area contributed by atoms with E-state index >= 15 is 4.39 Å². The highest BCUT2D eigenvalue weighted by Crippen LogP contribution is 2.43. The quantitative estimate of drug-likeness (QED) is 0.130. The van der Waals surface area contributed by atoms with E-state index in [1.54, 1.807) is 29.1 Å². The maximum Gasteiger partial charge on any atom is 0.405 e. The van der Waals surface area contributed by atoms with Crippen molar-refractivity contribution in [2.75, 3.05) is 17.6 Å². The number of amides is 2. The van der Waals surface area contributed by atoms with Crippen LogP contribution in [0.1, 0.15) is 15.9 Å². The highest BCUT2D eigenvalue weighted by Gasteiger charge is 2.29. The van der Waals surface area contributed by atoms with E-state index in [1.807, 2.05) is 0 Å². The van der Waals surface area contributed by atoms with Crippen LogP contribution >= 0.6 is 0 Å². The second-order valence-corrected chi connectivity index (χ2v) is 8.88. The largest absolute Gasteiger partial charge is 0.405 e. The summed E-state index contributed by atoms with van der Waals surface area (Å²) in [6, 6.07) is 9.51. The van der Waals surface area contributed by atoms with E-state index in [-0.39, 0.29) is 17.1 Å². The molecule has 0 aliphatic rings. The number of nitrogens with zero attached hydrogens (tertiary/aromatic N) is 2. The van der Waals surface area contributed by atoms with Crippen LogP contribution < -0.4 is 16.4 Å². The number of hydrogen-bond acceptors (Lipinski definition) is 5. The Bertz CT molecular complexity index is 1820. The van der Waals surface area contributed by atoms with Crippen LogP contribution in [0, 0.1) is 17.7 Å². The van der Waals surface area contributed by atoms with Gasteiger partial charge in [0.05, 0.1) is 27.7 Å². The maximum absolute atomic E-state index is 15.2. The van der Waals surface area contributed by atoms with E-state index in [0.29, 0.717) is 39.6 Å². The number of nitrogen functional groups attached to an aromatic ring is 1. The monoisotopic (exact) mass is 581 g/mol. The SMILES string of the molecule is C=C(F)C(=O)Nc1ccc(-c2c(-c3ccc(C(=O)NCC(F)(F)F)c(F)c3)c3c(N)ncc(C#CC=O)c3n2C)cc1. The third kappa shape index (κ3) is 5.97. The zero-order valence-electron chi connectivity index (χ0n) is 21.7. The fraction of sp³-hybridized carbons (Fsp3) is 0.103. The molecule has 0 spiro atoms. The molecule has 0 saturated carbocycles. The summed E-state index contributed by atoms with van der Waals surface area (Å²) in [5, 5.41) is 4.29. The van der Waals surface area contributed by atoms with Crippen LogP contribution in [0.3, 0.4) is 0 Å². The number of hydrogen-bond donors (Lipinski definition) is 3. The molecule has 2 heterocycles. The molecule has 0 bridgehead atoms. The number of benzene rings is 2. The van der Waals surface area contributed by atoms with Crippen molar-refractivity contribution in [1.82, 2.24) is 14.9 Å². The van der Waals surface area contributed by atoms with E-state index in [1.165, 1.54) is 24.4 Å². The van der Waals surface area contributed by atoms with Gasteiger partial charge in [-0.15, -0.1) is 0 Å². The molecule has 0 atom stereocenters. The minimum absolute atomic E-state index is 0.0243. The number of aldehydes is 1. The van der Waals surface area contributed by atoms with Crippen molar-refractivity contribution in [1.29, 1.82) is 0 Å². The first-order valence-electron chi connectivity index (χ1n) is 12.0. The molecule has 0 unspecified atom stereocenters. The van der Waals surface area contributed by atoms with Crippen molar-refractivity contribution in [2.24, 2.45) is 7.05 Å². The molecule has 2 aromatic carbocycles. The third-order valence-electron chi connectivity index (χ3n) is 6.12. The second-order valence-electron chi connectivity index (χ2n) is 8.88. The summed E-state index contributed by atoms with van der Waals surface area (Å²) in [4.78, 5) is 39.0. The Hall–Kier alpha value is -5.51. The molecular formula is C29H20F5N5O3. The molecule has 214 valence electrons. The van der Waals surface area contributed by atoms with Gasteiger partial charge in [-0.1, -0.05) is 30.7 Å². The number of alkyl halides is 3. The van der Waals surface area contributed by atoms with Gasteiger partial charge in [-0.05, 0) is 41.3 Å². The lowest BCUT2D eigenvalue weighted by atomic mass is 9.96. The van der Waals surface area contributed by atoms with E-state index < -0.39 is 41.7 Å². The zero-order chi connectivity index (χ0) is 30.8. The van der Waals surface area contributed by atoms with Crippen molar-refractivity contribution in [3.8, 4) is 34.2 Å². The summed E-state index contributed by atoms with van der Waals surface area (Å²) in [6.07, 6.45) is -2.93. The van der Waals surface area contributed by atoms with Crippen LogP contribution in [0.5, 0.6) is 0 Å². The summed E-state index contributed by atoms with van der Waals surface area (Å²) in [6.45, 7) is 1.31. The number of fused-ring (bicyclic) bond motifs is 1. The molecule has 2 amide bonds. The molecule has 4 aromatic rings. The highest BCUT2D eigenvalue weighted by molar-refractivity contribution is 6.11. The average molecular weight is 582 g/mol. The van der Waals surface area contributed by atoms with Gasteiger partial charge in [-0.25, -0.2) is 13.8 Å². The van der Waals surface area contributed by atoms with Crippen molar-refractivity contribution in [3.05, 3.63) is 78.0 Å². The Kier molecular flexibility index (Phi) is 8.10. The Morgan fingerprint density at radius 3 is 2.40 bits per heavy atom. The molecule has 2 aromatic heterocycles. The first kappa shape index (κ1) is 29.5. The molecular weight excluding hydrogens is 561 g/mol. The second kappa shape index (κ2) is 11.5. The topological polar surface area (TPSA) is 119 Å². The number of halogens is 5. The summed E-state index contributed by atoms with van der Waals surface area (Å²) >= 11 is 0. The first-order chi connectivity index (χ1) is 19.8. The highest BCUT2D eigenvalue weighted by atomic mass is 19.4. The van der Waals surface area contributed by atoms with Crippen LogP contribution in [-0.4, -0.2) is 40.4 Å². The number of pyridine rings is 1. The normalized spacial score (nSPS) is 11.0. The molecule has 8 nitrogen and oxygen atoms in total. The summed E-state index contributed by atoms with van der Waals surface area (Å²) in [7, 11) is 1.66. The van der Waals surface area contributed by atoms with Gasteiger partial charge in [0.15, 0.2) is 12.1 Å². The summed E-state index contributed by atoms with van der Waals surface area (Å²) in [5.41, 5.74) is 8.14. The van der Waals surface area contributed by atoms with Gasteiger partial charge in [0.25, 0.3) is 11.8 Å². The number of nitrogens with two attached hydrogens (primary N) is 1. The van der Waals surface area contributed by atoms with Gasteiger partial charge in [0.1, 0.15) is 18.2 Å². The Morgan fingerprint density at radius 1 is 1.14 bits per heavy atom. The predicted octanol–water partition coefficient (Wildman–Crippen LogP) is 4.89. The van der Waals surface area contributed by atoms with Crippen LogP contribution in [-0.2, 0) is 16.6 Å². The molecule has 13 heteroatoms. The number of aromatic nitrogens is 2. The van der Waals surface area contributed by atoms with Gasteiger partial charge in [0.2, 0.25) is 0 Å². The Morgan fingerprint density at radius 2 is 1.81 bits per heavy atom. The number of carbonyl (C=O) groups is 3. The molecule has 4 N–H and O–H groups in total. The molecule has 0 radical (unpaired) electrons. The van der Waals surface area contributed by atoms with Crippen LogP contribution in [0.2, 0.25) is 0 Å². The average Bonchev–Trinajstić information content (AvgIpc) is 3.25. The van der Waals surface area contributed by atoms with E-state index in [0.717, 1.165) is 12.1 Å². The van der Waals surface area contributed by atoms with Crippen molar-refractivity contribution >= 4 is 40.5 Å². The Balaban J connectivity index is 1.93. The fourth-order valence-electron chi connectivity index (χ4n) is 4.37. The molecule has 4 rings (SSSR count). The fourth-order valence-corrected chi connectivity index (χ4v) is 4.37. The maximum atomic E-state index is 15.2. The number of carbonyl (C=O) groups excluding carboxylic acids is 3. The summed E-state index contributed by atoms with van der Waals surface area (Å²) < 4.78 is 67.7. The molecule has 0 aliphatic heterocycles. The number of nitrogens with one attached hydrogen (secondary N) is 2. The van der Waals surface area contributed by atoms with Gasteiger partial charge >= 0.3 is 6.18 Å². The Labute approximate surface area is 235 Å². The number of anilines is 2. The lowest BCUT2D eigenvalue weighted by molar-refractivity contribution is -0.123. The van der Waals surface area contributed by atoms with E-state index in [4.69, 9.17) is 5.73 Å². The smallest absolute Gasteiger partial charge is 0.383 e. The molecule has 42 heavy (non-hydrogen) atoms. The van der Waals surface area contributed by atoms with E-state index in [9.17, 15) is 31.9 Å². The zero-order valence-corrected chi connectivity index (χ0v) is 21.7.